The number of Topliss-reactive ketones (excluding diaryl/α,β-unsaturated/α-hetero) is 1. The van der Waals surface area contributed by atoms with E-state index in [1.54, 1.807) is 61.5 Å². The van der Waals surface area contributed by atoms with E-state index in [4.69, 9.17) is 20.8 Å². The predicted octanol–water partition coefficient (Wildman–Crippen LogP) is 5.58. The molecule has 0 bridgehead atoms. The maximum Gasteiger partial charge on any atom is 0.309 e. The number of furan rings is 1. The van der Waals surface area contributed by atoms with Crippen LogP contribution in [-0.2, 0) is 19.6 Å². The van der Waals surface area contributed by atoms with E-state index in [0.29, 0.717) is 40.1 Å². The number of carbonyl (C=O) groups excluding carboxylic acids is 3. The molecular formula is C31H29ClN2O7S. The number of rotatable bonds is 10. The molecule has 5 rings (SSSR count). The average Bonchev–Trinajstić information content (AvgIpc) is 3.38. The van der Waals surface area contributed by atoms with Crippen LogP contribution in [0.2, 0.25) is 5.02 Å². The number of para-hydroxylation sites is 1. The average molecular weight is 609 g/mol. The number of carbonyl (C=O) groups is 3. The van der Waals surface area contributed by atoms with E-state index in [-0.39, 0.29) is 65.9 Å². The van der Waals surface area contributed by atoms with Gasteiger partial charge >= 0.3 is 5.97 Å². The van der Waals surface area contributed by atoms with Gasteiger partial charge in [-0.1, -0.05) is 35.9 Å². The number of esters is 1. The first-order valence-electron chi connectivity index (χ1n) is 13.5. The Bertz CT molecular complexity index is 1740. The SMILES string of the molecule is CCOC(=O)C1CCN(S(=O)(=O)c2cccc(C(=O)CNc3c(C(=O)c4ccc(Cl)cc4)oc4ccccc34)c2)CC1. The van der Waals surface area contributed by atoms with E-state index >= 15 is 0 Å². The lowest BCUT2D eigenvalue weighted by Crippen LogP contribution is -2.40. The second kappa shape index (κ2) is 12.5. The number of anilines is 1. The summed E-state index contributed by atoms with van der Waals surface area (Å²) in [4.78, 5) is 38.6. The number of hydrogen-bond donors (Lipinski definition) is 1. The quantitative estimate of drug-likeness (QED) is 0.183. The number of ether oxygens (including phenoxy) is 1. The van der Waals surface area contributed by atoms with Gasteiger partial charge in [-0.15, -0.1) is 0 Å². The maximum absolute atomic E-state index is 13.4. The highest BCUT2D eigenvalue weighted by Crippen LogP contribution is 2.33. The molecule has 2 heterocycles. The van der Waals surface area contributed by atoms with E-state index in [9.17, 15) is 22.8 Å². The molecule has 1 fully saturated rings. The zero-order chi connectivity index (χ0) is 29.9. The summed E-state index contributed by atoms with van der Waals surface area (Å²) in [5, 5.41) is 4.17. The normalized spacial score (nSPS) is 14.5. The third kappa shape index (κ3) is 6.11. The minimum atomic E-state index is -3.88. The Morgan fingerprint density at radius 3 is 2.40 bits per heavy atom. The Morgan fingerprint density at radius 2 is 1.69 bits per heavy atom. The van der Waals surface area contributed by atoms with Gasteiger partial charge in [0.2, 0.25) is 15.8 Å². The van der Waals surface area contributed by atoms with Crippen molar-refractivity contribution in [2.75, 3.05) is 31.6 Å². The molecule has 0 amide bonds. The molecule has 0 saturated carbocycles. The van der Waals surface area contributed by atoms with Crippen molar-refractivity contribution in [2.24, 2.45) is 5.92 Å². The summed E-state index contributed by atoms with van der Waals surface area (Å²) in [7, 11) is -3.88. The number of nitrogens with one attached hydrogen (secondary N) is 1. The van der Waals surface area contributed by atoms with Crippen LogP contribution in [0.15, 0.2) is 82.1 Å². The van der Waals surface area contributed by atoms with Gasteiger partial charge in [-0.2, -0.15) is 4.31 Å². The minimum Gasteiger partial charge on any atom is -0.466 e. The standard InChI is InChI=1S/C31H29ClN2O7S/c1-2-40-31(37)21-14-16-34(17-15-21)42(38,39)24-7-5-6-22(18-24)26(35)19-33-28-25-8-3-4-9-27(25)41-30(28)29(36)20-10-12-23(32)13-11-20/h3-13,18,21,33H,2,14-17,19H2,1H3. The molecule has 1 aliphatic rings. The van der Waals surface area contributed by atoms with Crippen LogP contribution in [0.4, 0.5) is 5.69 Å². The van der Waals surface area contributed by atoms with E-state index in [1.165, 1.54) is 22.5 Å². The topological polar surface area (TPSA) is 123 Å². The van der Waals surface area contributed by atoms with Gasteiger partial charge in [0, 0.05) is 34.6 Å². The molecule has 1 aliphatic heterocycles. The van der Waals surface area contributed by atoms with Crippen LogP contribution >= 0.6 is 11.6 Å². The van der Waals surface area contributed by atoms with Gasteiger partial charge in [-0.05, 0) is 68.3 Å². The largest absolute Gasteiger partial charge is 0.466 e. The summed E-state index contributed by atoms with van der Waals surface area (Å²) in [5.74, 6) is -1.33. The highest BCUT2D eigenvalue weighted by Gasteiger charge is 2.33. The Labute approximate surface area is 248 Å². The van der Waals surface area contributed by atoms with Crippen LogP contribution in [0, 0.1) is 5.92 Å². The summed E-state index contributed by atoms with van der Waals surface area (Å²) in [6.45, 7) is 2.17. The molecule has 0 aliphatic carbocycles. The molecule has 11 heteroatoms. The van der Waals surface area contributed by atoms with E-state index in [2.05, 4.69) is 5.32 Å². The molecule has 218 valence electrons. The first-order chi connectivity index (χ1) is 20.2. The molecule has 4 aromatic rings. The fourth-order valence-electron chi connectivity index (χ4n) is 4.95. The molecule has 1 N–H and O–H groups in total. The van der Waals surface area contributed by atoms with Crippen LogP contribution < -0.4 is 5.32 Å². The van der Waals surface area contributed by atoms with Crippen molar-refractivity contribution >= 4 is 55.8 Å². The van der Waals surface area contributed by atoms with Gasteiger partial charge in [0.25, 0.3) is 0 Å². The van der Waals surface area contributed by atoms with Crippen molar-refractivity contribution in [3.05, 3.63) is 94.7 Å². The third-order valence-corrected chi connectivity index (χ3v) is 9.35. The van der Waals surface area contributed by atoms with Gasteiger partial charge in [0.1, 0.15) is 5.58 Å². The van der Waals surface area contributed by atoms with Crippen LogP contribution in [-0.4, -0.2) is 56.5 Å². The zero-order valence-electron chi connectivity index (χ0n) is 22.8. The molecule has 3 aromatic carbocycles. The molecule has 0 atom stereocenters. The second-order valence-corrected chi connectivity index (χ2v) is 12.2. The fraction of sp³-hybridized carbons (Fsp3) is 0.258. The summed E-state index contributed by atoms with van der Waals surface area (Å²) in [6, 6.07) is 19.4. The predicted molar refractivity (Wildman–Crippen MR) is 158 cm³/mol. The van der Waals surface area contributed by atoms with Gasteiger partial charge in [-0.3, -0.25) is 14.4 Å². The Hall–Kier alpha value is -3.99. The lowest BCUT2D eigenvalue weighted by atomic mass is 9.98. The highest BCUT2D eigenvalue weighted by atomic mass is 35.5. The molecule has 0 unspecified atom stereocenters. The monoisotopic (exact) mass is 608 g/mol. The highest BCUT2D eigenvalue weighted by molar-refractivity contribution is 7.89. The number of halogens is 1. The number of nitrogens with zero attached hydrogens (tertiary/aromatic N) is 1. The molecule has 0 radical (unpaired) electrons. The van der Waals surface area contributed by atoms with E-state index in [1.807, 2.05) is 0 Å². The van der Waals surface area contributed by atoms with Gasteiger partial charge in [-0.25, -0.2) is 8.42 Å². The molecular weight excluding hydrogens is 580 g/mol. The maximum atomic E-state index is 13.4. The van der Waals surface area contributed by atoms with E-state index in [0.717, 1.165) is 0 Å². The van der Waals surface area contributed by atoms with Crippen molar-refractivity contribution in [2.45, 2.75) is 24.7 Å². The van der Waals surface area contributed by atoms with Crippen LogP contribution in [0.25, 0.3) is 11.0 Å². The first-order valence-corrected chi connectivity index (χ1v) is 15.4. The lowest BCUT2D eigenvalue weighted by molar-refractivity contribution is -0.149. The smallest absolute Gasteiger partial charge is 0.309 e. The first kappa shape index (κ1) is 29.5. The van der Waals surface area contributed by atoms with Crippen molar-refractivity contribution in [1.82, 2.24) is 4.31 Å². The number of ketones is 2. The van der Waals surface area contributed by atoms with Gasteiger partial charge < -0.3 is 14.5 Å². The number of sulfonamides is 1. The number of benzene rings is 3. The Morgan fingerprint density at radius 1 is 0.976 bits per heavy atom. The van der Waals surface area contributed by atoms with Crippen molar-refractivity contribution < 1.29 is 32.0 Å². The van der Waals surface area contributed by atoms with Crippen molar-refractivity contribution in [3.8, 4) is 0 Å². The van der Waals surface area contributed by atoms with Gasteiger partial charge in [0.05, 0.1) is 29.7 Å². The van der Waals surface area contributed by atoms with Crippen molar-refractivity contribution in [1.29, 1.82) is 0 Å². The lowest BCUT2D eigenvalue weighted by Gasteiger charge is -2.30. The van der Waals surface area contributed by atoms with Crippen molar-refractivity contribution in [3.63, 3.8) is 0 Å². The van der Waals surface area contributed by atoms with Crippen LogP contribution in [0.5, 0.6) is 0 Å². The Balaban J connectivity index is 1.33. The fourth-order valence-corrected chi connectivity index (χ4v) is 6.60. The number of hydrogen-bond acceptors (Lipinski definition) is 8. The number of piperidine rings is 1. The van der Waals surface area contributed by atoms with E-state index < -0.39 is 10.0 Å². The minimum absolute atomic E-state index is 0.00435. The second-order valence-electron chi connectivity index (χ2n) is 9.87. The molecule has 1 aromatic heterocycles. The van der Waals surface area contributed by atoms with Crippen LogP contribution in [0.3, 0.4) is 0 Å². The molecule has 0 spiro atoms. The summed E-state index contributed by atoms with van der Waals surface area (Å²) in [5.41, 5.74) is 1.41. The molecule has 42 heavy (non-hydrogen) atoms. The molecule has 1 saturated heterocycles. The summed E-state index contributed by atoms with van der Waals surface area (Å²) in [6.07, 6.45) is 0.743. The summed E-state index contributed by atoms with van der Waals surface area (Å²) >= 11 is 5.97. The number of fused-ring (bicyclic) bond motifs is 1. The Kier molecular flexibility index (Phi) is 8.77. The zero-order valence-corrected chi connectivity index (χ0v) is 24.4. The summed E-state index contributed by atoms with van der Waals surface area (Å²) < 4.78 is 39.0. The molecule has 9 nitrogen and oxygen atoms in total. The van der Waals surface area contributed by atoms with Gasteiger partial charge in [0.15, 0.2) is 11.5 Å². The third-order valence-electron chi connectivity index (χ3n) is 7.20. The van der Waals surface area contributed by atoms with Crippen LogP contribution in [0.1, 0.15) is 46.2 Å².